The van der Waals surface area contributed by atoms with E-state index in [2.05, 4.69) is 47.8 Å². The first-order valence-electron chi connectivity index (χ1n) is 8.76. The third kappa shape index (κ3) is 3.24. The molecule has 0 aliphatic carbocycles. The molecule has 0 radical (unpaired) electrons. The van der Waals surface area contributed by atoms with Crippen LogP contribution in [0.15, 0.2) is 71.6 Å². The maximum Gasteiger partial charge on any atom is 0.230 e. The average molecular weight is 389 g/mol. The molecule has 1 N–H and O–H groups in total. The summed E-state index contributed by atoms with van der Waals surface area (Å²) in [6.45, 7) is 0. The molecule has 4 aromatic rings. The maximum atomic E-state index is 12.5. The molecule has 132 valence electrons. The van der Waals surface area contributed by atoms with Gasteiger partial charge in [0.05, 0.1) is 12.1 Å². The fraction of sp³-hybridized carbons (Fsp3) is 0.0909. The van der Waals surface area contributed by atoms with E-state index in [1.807, 2.05) is 36.0 Å². The van der Waals surface area contributed by atoms with Crippen LogP contribution < -0.4 is 5.32 Å². The van der Waals surface area contributed by atoms with Crippen molar-refractivity contribution in [2.75, 3.05) is 5.32 Å². The lowest BCUT2D eigenvalue weighted by molar-refractivity contribution is -0.115. The Balaban J connectivity index is 1.35. The number of nitrogens with zero attached hydrogens (tertiary/aromatic N) is 1. The summed E-state index contributed by atoms with van der Waals surface area (Å²) in [5.74, 6) is 0.877. The Morgan fingerprint density at radius 3 is 2.74 bits per heavy atom. The van der Waals surface area contributed by atoms with Gasteiger partial charge in [0.25, 0.3) is 0 Å². The largest absolute Gasteiger partial charge is 0.302 e. The molecule has 3 nitrogen and oxygen atoms in total. The first kappa shape index (κ1) is 16.5. The van der Waals surface area contributed by atoms with Crippen molar-refractivity contribution in [2.24, 2.45) is 0 Å². The van der Waals surface area contributed by atoms with Crippen LogP contribution >= 0.6 is 23.1 Å². The molecule has 1 amide bonds. The number of carbonyl (C=O) groups is 1. The van der Waals surface area contributed by atoms with Gasteiger partial charge in [-0.2, -0.15) is 0 Å². The standard InChI is InChI=1S/C22H16N2OS2/c25-20(12-14-9-10-15-5-1-2-6-16(15)11-14)23-22-24-21-17-7-3-4-8-18(17)26-13-19(21)27-22/h1-11H,12-13H2,(H,23,24,25). The van der Waals surface area contributed by atoms with Crippen LogP contribution in [-0.4, -0.2) is 10.9 Å². The van der Waals surface area contributed by atoms with Gasteiger partial charge >= 0.3 is 0 Å². The molecule has 1 aromatic heterocycles. The van der Waals surface area contributed by atoms with Crippen molar-refractivity contribution in [1.29, 1.82) is 0 Å². The summed E-state index contributed by atoms with van der Waals surface area (Å²) in [5, 5.41) is 6.01. The van der Waals surface area contributed by atoms with Crippen molar-refractivity contribution in [3.63, 3.8) is 0 Å². The number of anilines is 1. The molecule has 0 saturated carbocycles. The Bertz CT molecular complexity index is 1170. The number of fused-ring (bicyclic) bond motifs is 4. The highest BCUT2D eigenvalue weighted by Crippen LogP contribution is 2.44. The fourth-order valence-corrected chi connectivity index (χ4v) is 5.46. The number of amides is 1. The molecule has 5 rings (SSSR count). The van der Waals surface area contributed by atoms with Crippen LogP contribution in [0, 0.1) is 0 Å². The molecule has 3 aromatic carbocycles. The van der Waals surface area contributed by atoms with E-state index in [-0.39, 0.29) is 5.91 Å². The lowest BCUT2D eigenvalue weighted by Gasteiger charge is -2.13. The molecule has 2 heterocycles. The van der Waals surface area contributed by atoms with Crippen LogP contribution in [0.25, 0.3) is 22.0 Å². The number of nitrogens with one attached hydrogen (secondary N) is 1. The van der Waals surface area contributed by atoms with Crippen LogP contribution in [0.1, 0.15) is 10.4 Å². The second-order valence-electron chi connectivity index (χ2n) is 6.48. The van der Waals surface area contributed by atoms with Crippen molar-refractivity contribution in [3.05, 3.63) is 77.2 Å². The minimum Gasteiger partial charge on any atom is -0.302 e. The SMILES string of the molecule is O=C(Cc1ccc2ccccc2c1)Nc1nc2c(s1)CSc1ccccc1-2. The predicted octanol–water partition coefficient (Wildman–Crippen LogP) is 5.75. The molecule has 0 spiro atoms. The van der Waals surface area contributed by atoms with E-state index in [4.69, 9.17) is 4.98 Å². The summed E-state index contributed by atoms with van der Waals surface area (Å²) >= 11 is 3.40. The van der Waals surface area contributed by atoms with Gasteiger partial charge in [-0.05, 0) is 22.4 Å². The minimum absolute atomic E-state index is 0.0303. The van der Waals surface area contributed by atoms with Gasteiger partial charge in [0.1, 0.15) is 0 Å². The topological polar surface area (TPSA) is 42.0 Å². The first-order chi connectivity index (χ1) is 13.3. The van der Waals surface area contributed by atoms with Crippen LogP contribution in [0.2, 0.25) is 0 Å². The van der Waals surface area contributed by atoms with E-state index in [9.17, 15) is 4.79 Å². The minimum atomic E-state index is -0.0303. The average Bonchev–Trinajstić information content (AvgIpc) is 3.10. The van der Waals surface area contributed by atoms with E-state index in [1.165, 1.54) is 15.2 Å². The lowest BCUT2D eigenvalue weighted by atomic mass is 10.1. The Morgan fingerprint density at radius 1 is 1.00 bits per heavy atom. The summed E-state index contributed by atoms with van der Waals surface area (Å²) < 4.78 is 0. The summed E-state index contributed by atoms with van der Waals surface area (Å²) in [6.07, 6.45) is 0.348. The second kappa shape index (κ2) is 6.83. The Labute approximate surface area is 165 Å². The Hall–Kier alpha value is -2.63. The van der Waals surface area contributed by atoms with Gasteiger partial charge in [-0.25, -0.2) is 4.98 Å². The fourth-order valence-electron chi connectivity index (χ4n) is 3.34. The van der Waals surface area contributed by atoms with Gasteiger partial charge in [-0.3, -0.25) is 4.79 Å². The van der Waals surface area contributed by atoms with Gasteiger partial charge in [-0.1, -0.05) is 60.7 Å². The Kier molecular flexibility index (Phi) is 4.19. The van der Waals surface area contributed by atoms with Crippen LogP contribution in [0.5, 0.6) is 0 Å². The lowest BCUT2D eigenvalue weighted by Crippen LogP contribution is -2.14. The number of hydrogen-bond acceptors (Lipinski definition) is 4. The molecule has 27 heavy (non-hydrogen) atoms. The summed E-state index contributed by atoms with van der Waals surface area (Å²) in [4.78, 5) is 19.7. The van der Waals surface area contributed by atoms with Gasteiger partial charge < -0.3 is 5.32 Å². The monoisotopic (exact) mass is 388 g/mol. The number of hydrogen-bond donors (Lipinski definition) is 1. The molecule has 0 atom stereocenters. The van der Waals surface area contributed by atoms with Crippen molar-refractivity contribution in [3.8, 4) is 11.3 Å². The summed E-state index contributed by atoms with van der Waals surface area (Å²) in [6, 6.07) is 22.7. The molecule has 0 saturated heterocycles. The van der Waals surface area contributed by atoms with E-state index >= 15 is 0 Å². The zero-order valence-corrected chi connectivity index (χ0v) is 16.1. The highest BCUT2D eigenvalue weighted by molar-refractivity contribution is 7.98. The normalized spacial score (nSPS) is 12.4. The molecule has 1 aliphatic rings. The zero-order valence-electron chi connectivity index (χ0n) is 14.4. The third-order valence-electron chi connectivity index (χ3n) is 4.62. The first-order valence-corrected chi connectivity index (χ1v) is 10.6. The number of aromatic nitrogens is 1. The van der Waals surface area contributed by atoms with Gasteiger partial charge in [0.2, 0.25) is 5.91 Å². The van der Waals surface area contributed by atoms with Crippen LogP contribution in [0.3, 0.4) is 0 Å². The number of thiazole rings is 1. The molecule has 5 heteroatoms. The molecule has 0 fully saturated rings. The summed E-state index contributed by atoms with van der Waals surface area (Å²) in [5.41, 5.74) is 3.18. The van der Waals surface area contributed by atoms with Crippen molar-refractivity contribution < 1.29 is 4.79 Å². The smallest absolute Gasteiger partial charge is 0.230 e. The van der Waals surface area contributed by atoms with Crippen LogP contribution in [-0.2, 0) is 17.0 Å². The number of carbonyl (C=O) groups excluding carboxylic acids is 1. The molecule has 0 bridgehead atoms. The zero-order chi connectivity index (χ0) is 18.2. The molecule has 1 aliphatic heterocycles. The Morgan fingerprint density at radius 2 is 1.81 bits per heavy atom. The van der Waals surface area contributed by atoms with E-state index in [1.54, 1.807) is 11.3 Å². The summed E-state index contributed by atoms with van der Waals surface area (Å²) in [7, 11) is 0. The number of thioether (sulfide) groups is 1. The van der Waals surface area contributed by atoms with E-state index < -0.39 is 0 Å². The third-order valence-corrected chi connectivity index (χ3v) is 6.88. The van der Waals surface area contributed by atoms with E-state index in [0.717, 1.165) is 28.0 Å². The van der Waals surface area contributed by atoms with Gasteiger partial charge in [0.15, 0.2) is 5.13 Å². The number of rotatable bonds is 3. The van der Waals surface area contributed by atoms with E-state index in [0.29, 0.717) is 11.6 Å². The number of benzene rings is 3. The molecular weight excluding hydrogens is 372 g/mol. The van der Waals surface area contributed by atoms with Crippen molar-refractivity contribution in [1.82, 2.24) is 4.98 Å². The molecular formula is C22H16N2OS2. The van der Waals surface area contributed by atoms with Gasteiger partial charge in [0, 0.05) is 21.1 Å². The maximum absolute atomic E-state index is 12.5. The van der Waals surface area contributed by atoms with Gasteiger partial charge in [-0.15, -0.1) is 23.1 Å². The van der Waals surface area contributed by atoms with Crippen LogP contribution in [0.4, 0.5) is 5.13 Å². The molecule has 0 unspecified atom stereocenters. The highest BCUT2D eigenvalue weighted by Gasteiger charge is 2.21. The predicted molar refractivity (Wildman–Crippen MR) is 113 cm³/mol. The second-order valence-corrected chi connectivity index (χ2v) is 8.58. The highest BCUT2D eigenvalue weighted by atomic mass is 32.2. The van der Waals surface area contributed by atoms with Crippen molar-refractivity contribution in [2.45, 2.75) is 17.1 Å². The quantitative estimate of drug-likeness (QED) is 0.486. The van der Waals surface area contributed by atoms with Crippen molar-refractivity contribution >= 4 is 44.9 Å².